The third kappa shape index (κ3) is 4.55. The van der Waals surface area contributed by atoms with Crippen LogP contribution in [0.5, 0.6) is 0 Å². The minimum absolute atomic E-state index is 0.179. The van der Waals surface area contributed by atoms with Crippen molar-refractivity contribution in [1.82, 2.24) is 0 Å². The van der Waals surface area contributed by atoms with Crippen LogP contribution in [0.1, 0.15) is 5.56 Å². The quantitative estimate of drug-likeness (QED) is 0.647. The number of halogens is 4. The number of benzene rings is 2. The maximum absolute atomic E-state index is 13.0. The van der Waals surface area contributed by atoms with Gasteiger partial charge in [-0.2, -0.15) is 13.2 Å². The van der Waals surface area contributed by atoms with Crippen LogP contribution < -0.4 is 4.31 Å². The van der Waals surface area contributed by atoms with E-state index in [9.17, 15) is 26.4 Å². The van der Waals surface area contributed by atoms with Crippen LogP contribution in [-0.2, 0) is 25.7 Å². The van der Waals surface area contributed by atoms with Crippen LogP contribution in [-0.4, -0.2) is 28.0 Å². The predicted octanol–water partition coefficient (Wildman–Crippen LogP) is 3.84. The molecular weight excluding hydrogens is 439 g/mol. The van der Waals surface area contributed by atoms with Crippen LogP contribution in [0.25, 0.3) is 0 Å². The van der Waals surface area contributed by atoms with E-state index >= 15 is 0 Å². The second-order valence-corrected chi connectivity index (χ2v) is 7.87. The van der Waals surface area contributed by atoms with Crippen LogP contribution >= 0.6 is 15.9 Å². The van der Waals surface area contributed by atoms with E-state index in [1.54, 1.807) is 0 Å². The highest BCUT2D eigenvalue weighted by molar-refractivity contribution is 9.10. The van der Waals surface area contributed by atoms with Gasteiger partial charge in [-0.05, 0) is 42.5 Å². The van der Waals surface area contributed by atoms with Crippen molar-refractivity contribution in [2.24, 2.45) is 0 Å². The average molecular weight is 452 g/mol. The Labute approximate surface area is 156 Å². The number of anilines is 1. The van der Waals surface area contributed by atoms with E-state index in [2.05, 4.69) is 20.7 Å². The third-order valence-electron chi connectivity index (χ3n) is 3.36. The Balaban J connectivity index is 2.57. The summed E-state index contributed by atoms with van der Waals surface area (Å²) in [5, 5.41) is 0. The molecule has 10 heteroatoms. The summed E-state index contributed by atoms with van der Waals surface area (Å²) in [6.07, 6.45) is -4.66. The van der Waals surface area contributed by atoms with Crippen molar-refractivity contribution < 1.29 is 31.1 Å². The number of rotatable bonds is 5. The van der Waals surface area contributed by atoms with Crippen molar-refractivity contribution in [3.63, 3.8) is 0 Å². The van der Waals surface area contributed by atoms with Gasteiger partial charge >= 0.3 is 12.1 Å². The lowest BCUT2D eigenvalue weighted by molar-refractivity contribution is -0.139. The molecule has 0 N–H and O–H groups in total. The monoisotopic (exact) mass is 451 g/mol. The van der Waals surface area contributed by atoms with E-state index in [-0.39, 0.29) is 10.6 Å². The van der Waals surface area contributed by atoms with E-state index in [1.807, 2.05) is 0 Å². The summed E-state index contributed by atoms with van der Waals surface area (Å²) >= 11 is 3.17. The Morgan fingerprint density at radius 1 is 1.15 bits per heavy atom. The Morgan fingerprint density at radius 2 is 1.77 bits per heavy atom. The van der Waals surface area contributed by atoms with Gasteiger partial charge in [-0.1, -0.05) is 22.0 Å². The van der Waals surface area contributed by atoms with Gasteiger partial charge in [0.2, 0.25) is 0 Å². The molecule has 0 radical (unpaired) electrons. The van der Waals surface area contributed by atoms with Gasteiger partial charge in [-0.15, -0.1) is 0 Å². The van der Waals surface area contributed by atoms with Crippen molar-refractivity contribution in [2.45, 2.75) is 11.1 Å². The number of alkyl halides is 3. The molecule has 0 aromatic heterocycles. The largest absolute Gasteiger partial charge is 0.468 e. The Morgan fingerprint density at radius 3 is 2.31 bits per heavy atom. The fourth-order valence-corrected chi connectivity index (χ4v) is 3.73. The normalized spacial score (nSPS) is 11.9. The van der Waals surface area contributed by atoms with E-state index in [0.29, 0.717) is 14.8 Å². The summed E-state index contributed by atoms with van der Waals surface area (Å²) in [5.41, 5.74) is -1.33. The first kappa shape index (κ1) is 20.2. The Kier molecular flexibility index (Phi) is 5.97. The standard InChI is InChI=1S/C16H13BrF3NO4S/c1-25-15(22)10-21(13-4-2-3-11(9-13)16(18,19)20)26(23,24)14-7-5-12(17)6-8-14/h2-9H,10H2,1H3. The molecule has 26 heavy (non-hydrogen) atoms. The van der Waals surface area contributed by atoms with Gasteiger partial charge in [-0.25, -0.2) is 8.42 Å². The second kappa shape index (κ2) is 7.67. The number of methoxy groups -OCH3 is 1. The van der Waals surface area contributed by atoms with Gasteiger partial charge < -0.3 is 4.74 Å². The van der Waals surface area contributed by atoms with Gasteiger partial charge in [0.25, 0.3) is 10.0 Å². The fourth-order valence-electron chi connectivity index (χ4n) is 2.07. The van der Waals surface area contributed by atoms with E-state index in [0.717, 1.165) is 19.2 Å². The molecule has 0 fully saturated rings. The van der Waals surface area contributed by atoms with Crippen LogP contribution in [0.2, 0.25) is 0 Å². The molecule has 140 valence electrons. The molecule has 0 atom stereocenters. The van der Waals surface area contributed by atoms with Crippen molar-refractivity contribution in [3.8, 4) is 0 Å². The van der Waals surface area contributed by atoms with E-state index < -0.39 is 34.3 Å². The highest BCUT2D eigenvalue weighted by Gasteiger charge is 2.33. The third-order valence-corrected chi connectivity index (χ3v) is 5.68. The summed E-state index contributed by atoms with van der Waals surface area (Å²) in [5.74, 6) is -0.914. The van der Waals surface area contributed by atoms with Crippen molar-refractivity contribution in [3.05, 3.63) is 58.6 Å². The van der Waals surface area contributed by atoms with Crippen molar-refractivity contribution in [2.75, 3.05) is 18.0 Å². The number of sulfonamides is 1. The second-order valence-electron chi connectivity index (χ2n) is 5.09. The van der Waals surface area contributed by atoms with Gasteiger partial charge in [-0.3, -0.25) is 9.10 Å². The molecule has 0 unspecified atom stereocenters. The molecule has 0 saturated carbocycles. The molecule has 0 saturated heterocycles. The van der Waals surface area contributed by atoms with E-state index in [1.165, 1.54) is 30.3 Å². The lowest BCUT2D eigenvalue weighted by Crippen LogP contribution is -2.36. The van der Waals surface area contributed by atoms with E-state index in [4.69, 9.17) is 0 Å². The van der Waals surface area contributed by atoms with Gasteiger partial charge in [0.15, 0.2) is 0 Å². The van der Waals surface area contributed by atoms with Crippen molar-refractivity contribution in [1.29, 1.82) is 0 Å². The molecule has 0 aliphatic rings. The molecule has 0 bridgehead atoms. The zero-order valence-electron chi connectivity index (χ0n) is 13.3. The maximum atomic E-state index is 13.0. The zero-order valence-corrected chi connectivity index (χ0v) is 15.7. The average Bonchev–Trinajstić information content (AvgIpc) is 2.59. The van der Waals surface area contributed by atoms with Gasteiger partial charge in [0, 0.05) is 4.47 Å². The predicted molar refractivity (Wildman–Crippen MR) is 92.1 cm³/mol. The first-order valence-corrected chi connectivity index (χ1v) is 9.31. The first-order valence-electron chi connectivity index (χ1n) is 7.08. The molecular formula is C16H13BrF3NO4S. The number of hydrogen-bond acceptors (Lipinski definition) is 4. The molecule has 2 aromatic carbocycles. The highest BCUT2D eigenvalue weighted by Crippen LogP contribution is 2.33. The molecule has 0 amide bonds. The molecule has 0 aliphatic heterocycles. The summed E-state index contributed by atoms with van der Waals surface area (Å²) in [4.78, 5) is 11.5. The molecule has 0 heterocycles. The number of hydrogen-bond donors (Lipinski definition) is 0. The lowest BCUT2D eigenvalue weighted by atomic mass is 10.2. The maximum Gasteiger partial charge on any atom is 0.416 e. The Hall–Kier alpha value is -2.07. The zero-order chi connectivity index (χ0) is 19.5. The number of carbonyl (C=O) groups is 1. The molecule has 0 spiro atoms. The number of nitrogens with zero attached hydrogens (tertiary/aromatic N) is 1. The van der Waals surface area contributed by atoms with Gasteiger partial charge in [0.05, 0.1) is 23.3 Å². The molecule has 2 aromatic rings. The lowest BCUT2D eigenvalue weighted by Gasteiger charge is -2.24. The molecule has 0 aliphatic carbocycles. The Bertz CT molecular complexity index is 898. The summed E-state index contributed by atoms with van der Waals surface area (Å²) < 4.78 is 70.3. The summed E-state index contributed by atoms with van der Waals surface area (Å²) in [6, 6.07) is 9.21. The van der Waals surface area contributed by atoms with Crippen LogP contribution in [0.15, 0.2) is 57.9 Å². The minimum atomic E-state index is -4.66. The fraction of sp³-hybridized carbons (Fsp3) is 0.188. The number of carbonyl (C=O) groups excluding carboxylic acids is 1. The van der Waals surface area contributed by atoms with Crippen LogP contribution in [0, 0.1) is 0 Å². The topological polar surface area (TPSA) is 63.7 Å². The van der Waals surface area contributed by atoms with Crippen molar-refractivity contribution >= 4 is 37.6 Å². The minimum Gasteiger partial charge on any atom is -0.468 e. The van der Waals surface area contributed by atoms with Crippen LogP contribution in [0.3, 0.4) is 0 Å². The first-order chi connectivity index (χ1) is 12.1. The SMILES string of the molecule is COC(=O)CN(c1cccc(C(F)(F)F)c1)S(=O)(=O)c1ccc(Br)cc1. The number of ether oxygens (including phenoxy) is 1. The molecule has 2 rings (SSSR count). The van der Waals surface area contributed by atoms with Crippen LogP contribution in [0.4, 0.5) is 18.9 Å². The number of esters is 1. The smallest absolute Gasteiger partial charge is 0.416 e. The highest BCUT2D eigenvalue weighted by atomic mass is 79.9. The summed E-state index contributed by atoms with van der Waals surface area (Å²) in [6.45, 7) is -0.768. The molecule has 5 nitrogen and oxygen atoms in total. The van der Waals surface area contributed by atoms with Gasteiger partial charge in [0.1, 0.15) is 6.54 Å². The summed E-state index contributed by atoms with van der Waals surface area (Å²) in [7, 11) is -3.24.